The van der Waals surface area contributed by atoms with Crippen molar-refractivity contribution in [3.05, 3.63) is 23.8 Å². The van der Waals surface area contributed by atoms with Crippen LogP contribution in [-0.2, 0) is 4.79 Å². The van der Waals surface area contributed by atoms with Crippen LogP contribution in [-0.4, -0.2) is 35.7 Å². The molecule has 4 aliphatic rings. The standard InChI is InChI=1S/C23H32N2O5/c1-14(2)30-18-5-4-17(7-19(18)29-3)21(27)25-24-20(26)12-22-8-15-6-16(9-22)11-23(28,10-15)13-22/h4-5,7,14-16,28H,6,8-13H2,1-3H3,(H,24,26)(H,25,27)/t15-,16+,22?,23?. The van der Waals surface area contributed by atoms with Gasteiger partial charge in [-0.1, -0.05) is 0 Å². The number of hydrogen-bond donors (Lipinski definition) is 3. The minimum absolute atomic E-state index is 0.0134. The van der Waals surface area contributed by atoms with Gasteiger partial charge in [0.1, 0.15) is 0 Å². The average molecular weight is 417 g/mol. The zero-order chi connectivity index (χ0) is 21.5. The predicted molar refractivity (Wildman–Crippen MR) is 111 cm³/mol. The van der Waals surface area contributed by atoms with Gasteiger partial charge >= 0.3 is 0 Å². The molecule has 1 aromatic carbocycles. The lowest BCUT2D eigenvalue weighted by Gasteiger charge is -2.60. The van der Waals surface area contributed by atoms with Gasteiger partial charge in [0.2, 0.25) is 5.91 Å². The minimum atomic E-state index is -0.593. The molecule has 0 heterocycles. The van der Waals surface area contributed by atoms with E-state index in [1.54, 1.807) is 18.2 Å². The summed E-state index contributed by atoms with van der Waals surface area (Å²) in [6, 6.07) is 4.91. The van der Waals surface area contributed by atoms with E-state index >= 15 is 0 Å². The Kier molecular flexibility index (Phi) is 5.43. The van der Waals surface area contributed by atoms with Crippen molar-refractivity contribution in [1.29, 1.82) is 0 Å². The van der Waals surface area contributed by atoms with Crippen LogP contribution in [0.25, 0.3) is 0 Å². The summed E-state index contributed by atoms with van der Waals surface area (Å²) in [5.41, 5.74) is 4.71. The largest absolute Gasteiger partial charge is 0.493 e. The molecule has 0 saturated heterocycles. The quantitative estimate of drug-likeness (QED) is 0.620. The first kappa shape index (κ1) is 21.0. The SMILES string of the molecule is COc1cc(C(=O)NNC(=O)CC23C[C@@H]4C[C@@H](CC(O)(C4)C2)C3)ccc1OC(C)C. The summed E-state index contributed by atoms with van der Waals surface area (Å²) in [4.78, 5) is 25.1. The number of benzene rings is 1. The average Bonchev–Trinajstić information content (AvgIpc) is 2.63. The van der Waals surface area contributed by atoms with E-state index in [2.05, 4.69) is 10.9 Å². The smallest absolute Gasteiger partial charge is 0.269 e. The van der Waals surface area contributed by atoms with Crippen molar-refractivity contribution < 1.29 is 24.2 Å². The third kappa shape index (κ3) is 4.26. The van der Waals surface area contributed by atoms with Crippen LogP contribution in [0.2, 0.25) is 0 Å². The van der Waals surface area contributed by atoms with Crippen molar-refractivity contribution in [3.63, 3.8) is 0 Å². The van der Waals surface area contributed by atoms with E-state index in [0.29, 0.717) is 41.7 Å². The Hall–Kier alpha value is -2.28. The second-order valence-corrected chi connectivity index (χ2v) is 9.90. The molecule has 7 nitrogen and oxygen atoms in total. The first-order chi connectivity index (χ1) is 14.2. The molecule has 164 valence electrons. The molecule has 0 aromatic heterocycles. The number of nitrogens with one attached hydrogen (secondary N) is 2. The van der Waals surface area contributed by atoms with E-state index in [0.717, 1.165) is 25.7 Å². The first-order valence-electron chi connectivity index (χ1n) is 10.9. The molecule has 4 atom stereocenters. The monoisotopic (exact) mass is 416 g/mol. The normalized spacial score (nSPS) is 31.5. The van der Waals surface area contributed by atoms with Gasteiger partial charge in [-0.3, -0.25) is 20.4 Å². The Morgan fingerprint density at radius 1 is 1.13 bits per heavy atom. The highest BCUT2D eigenvalue weighted by Crippen LogP contribution is 2.62. The molecule has 2 unspecified atom stereocenters. The summed E-state index contributed by atoms with van der Waals surface area (Å²) >= 11 is 0. The Labute approximate surface area is 177 Å². The van der Waals surface area contributed by atoms with Crippen LogP contribution in [0.3, 0.4) is 0 Å². The van der Waals surface area contributed by atoms with Crippen LogP contribution in [0.15, 0.2) is 18.2 Å². The van der Waals surface area contributed by atoms with Crippen molar-refractivity contribution in [2.75, 3.05) is 7.11 Å². The summed E-state index contributed by atoms with van der Waals surface area (Å²) in [6.45, 7) is 3.83. The van der Waals surface area contributed by atoms with Crippen LogP contribution in [0.5, 0.6) is 11.5 Å². The van der Waals surface area contributed by atoms with Crippen molar-refractivity contribution >= 4 is 11.8 Å². The molecule has 5 rings (SSSR count). The van der Waals surface area contributed by atoms with E-state index in [1.807, 2.05) is 13.8 Å². The van der Waals surface area contributed by atoms with Crippen molar-refractivity contribution in [2.24, 2.45) is 17.3 Å². The lowest BCUT2D eigenvalue weighted by molar-refractivity contribution is -0.169. The van der Waals surface area contributed by atoms with Gasteiger partial charge < -0.3 is 14.6 Å². The Morgan fingerprint density at radius 2 is 1.83 bits per heavy atom. The van der Waals surface area contributed by atoms with E-state index in [9.17, 15) is 14.7 Å². The minimum Gasteiger partial charge on any atom is -0.493 e. The molecule has 0 aliphatic heterocycles. The highest BCUT2D eigenvalue weighted by Gasteiger charge is 2.57. The maximum Gasteiger partial charge on any atom is 0.269 e. The number of aliphatic hydroxyl groups is 1. The van der Waals surface area contributed by atoms with Crippen LogP contribution < -0.4 is 20.3 Å². The molecule has 4 bridgehead atoms. The lowest BCUT2D eigenvalue weighted by atomic mass is 9.47. The molecule has 0 spiro atoms. The molecule has 1 aromatic rings. The molecule has 7 heteroatoms. The predicted octanol–water partition coefficient (Wildman–Crippen LogP) is 2.96. The molecule has 4 fully saturated rings. The molecule has 0 radical (unpaired) electrons. The van der Waals surface area contributed by atoms with Gasteiger partial charge in [0.25, 0.3) is 5.91 Å². The zero-order valence-electron chi connectivity index (χ0n) is 18.0. The van der Waals surface area contributed by atoms with E-state index in [-0.39, 0.29) is 17.4 Å². The number of rotatable bonds is 6. The summed E-state index contributed by atoms with van der Waals surface area (Å²) in [5.74, 6) is 1.45. The summed E-state index contributed by atoms with van der Waals surface area (Å²) < 4.78 is 11.0. The third-order valence-electron chi connectivity index (χ3n) is 6.79. The zero-order valence-corrected chi connectivity index (χ0v) is 18.0. The van der Waals surface area contributed by atoms with Gasteiger partial charge in [0, 0.05) is 12.0 Å². The number of carbonyl (C=O) groups excluding carboxylic acids is 2. The van der Waals surface area contributed by atoms with Gasteiger partial charge in [-0.15, -0.1) is 0 Å². The lowest BCUT2D eigenvalue weighted by Crippen LogP contribution is -2.57. The van der Waals surface area contributed by atoms with Gasteiger partial charge in [0.15, 0.2) is 11.5 Å². The van der Waals surface area contributed by atoms with Gasteiger partial charge in [-0.25, -0.2) is 0 Å². The van der Waals surface area contributed by atoms with E-state index in [1.165, 1.54) is 13.5 Å². The number of hydrogen-bond acceptors (Lipinski definition) is 5. The number of hydrazine groups is 1. The van der Waals surface area contributed by atoms with Crippen LogP contribution in [0.1, 0.15) is 69.2 Å². The Bertz CT molecular complexity index is 823. The Morgan fingerprint density at radius 3 is 2.43 bits per heavy atom. The fraction of sp³-hybridized carbons (Fsp3) is 0.652. The Balaban J connectivity index is 1.35. The summed E-state index contributed by atoms with van der Waals surface area (Å²) in [5, 5.41) is 10.9. The highest BCUT2D eigenvalue weighted by molar-refractivity contribution is 5.96. The topological polar surface area (TPSA) is 96.9 Å². The number of methoxy groups -OCH3 is 1. The maximum atomic E-state index is 12.6. The third-order valence-corrected chi connectivity index (χ3v) is 6.79. The molecule has 4 saturated carbocycles. The summed E-state index contributed by atoms with van der Waals surface area (Å²) in [6.07, 6.45) is 5.96. The van der Waals surface area contributed by atoms with Crippen LogP contribution in [0.4, 0.5) is 0 Å². The van der Waals surface area contributed by atoms with Gasteiger partial charge in [0.05, 0.1) is 18.8 Å². The first-order valence-corrected chi connectivity index (χ1v) is 10.9. The fourth-order valence-corrected chi connectivity index (χ4v) is 6.35. The maximum absolute atomic E-state index is 12.6. The van der Waals surface area contributed by atoms with E-state index in [4.69, 9.17) is 9.47 Å². The number of ether oxygens (including phenoxy) is 2. The molecule has 30 heavy (non-hydrogen) atoms. The molecule has 3 N–H and O–H groups in total. The molecule has 4 aliphatic carbocycles. The molecule has 2 amide bonds. The summed E-state index contributed by atoms with van der Waals surface area (Å²) in [7, 11) is 1.52. The van der Waals surface area contributed by atoms with Crippen molar-refractivity contribution in [3.8, 4) is 11.5 Å². The number of amides is 2. The molecular formula is C23H32N2O5. The fourth-order valence-electron chi connectivity index (χ4n) is 6.35. The van der Waals surface area contributed by atoms with Crippen LogP contribution in [0, 0.1) is 17.3 Å². The van der Waals surface area contributed by atoms with Crippen LogP contribution >= 0.6 is 0 Å². The van der Waals surface area contributed by atoms with Gasteiger partial charge in [-0.05, 0) is 87.8 Å². The number of carbonyl (C=O) groups is 2. The van der Waals surface area contributed by atoms with Crippen molar-refractivity contribution in [1.82, 2.24) is 10.9 Å². The molecular weight excluding hydrogens is 384 g/mol. The van der Waals surface area contributed by atoms with Crippen molar-refractivity contribution in [2.45, 2.75) is 70.5 Å². The van der Waals surface area contributed by atoms with Gasteiger partial charge in [-0.2, -0.15) is 0 Å². The second kappa shape index (κ2) is 7.76. The second-order valence-electron chi connectivity index (χ2n) is 9.90. The van der Waals surface area contributed by atoms with E-state index < -0.39 is 11.5 Å². The highest BCUT2D eigenvalue weighted by atomic mass is 16.5.